The van der Waals surface area contributed by atoms with Crippen molar-refractivity contribution in [3.8, 4) is 0 Å². The summed E-state index contributed by atoms with van der Waals surface area (Å²) < 4.78 is 35.3. The number of hydrogen-bond donors (Lipinski definition) is 0. The number of aryl methyl sites for hydroxylation is 2. The maximum Gasteiger partial charge on any atom is 0.217 e. The Balaban J connectivity index is 0.000000265. The number of nitrogens with zero attached hydrogens (tertiary/aromatic N) is 3. The third-order valence-electron chi connectivity index (χ3n) is 4.09. The maximum atomic E-state index is 9.22. The minimum Gasteiger partial charge on any atom is -0.726 e. The smallest absolute Gasteiger partial charge is 0.217 e. The number of hydrogen-bond acceptors (Lipinski definition) is 5. The van der Waals surface area contributed by atoms with Crippen molar-refractivity contribution in [2.75, 3.05) is 7.11 Å². The van der Waals surface area contributed by atoms with E-state index in [0.717, 1.165) is 12.6 Å². The molecule has 0 saturated heterocycles. The zero-order valence-corrected chi connectivity index (χ0v) is 14.8. The van der Waals surface area contributed by atoms with E-state index in [1.54, 1.807) is 0 Å². The van der Waals surface area contributed by atoms with Crippen molar-refractivity contribution in [2.24, 2.45) is 14.1 Å². The molecule has 0 bridgehead atoms. The molecule has 25 heavy (non-hydrogen) atoms. The number of fused-ring (bicyclic) bond motifs is 5. The third-order valence-corrected chi connectivity index (χ3v) is 4.50. The molecule has 0 fully saturated rings. The van der Waals surface area contributed by atoms with Gasteiger partial charge in [-0.2, -0.15) is 4.68 Å². The first kappa shape index (κ1) is 17.3. The van der Waals surface area contributed by atoms with Crippen LogP contribution in [0.1, 0.15) is 0 Å². The Labute approximate surface area is 145 Å². The van der Waals surface area contributed by atoms with E-state index in [-0.39, 0.29) is 0 Å². The van der Waals surface area contributed by atoms with Gasteiger partial charge in [-0.3, -0.25) is 9.17 Å². The first-order valence-electron chi connectivity index (χ1n) is 7.45. The minimum atomic E-state index is -4.41. The van der Waals surface area contributed by atoms with E-state index in [0.29, 0.717) is 0 Å². The molecule has 0 aliphatic heterocycles. The summed E-state index contributed by atoms with van der Waals surface area (Å²) in [7, 11) is 0.525. The number of pyridine rings is 1. The molecule has 8 heteroatoms. The number of benzene rings is 2. The fourth-order valence-electron chi connectivity index (χ4n) is 2.84. The van der Waals surface area contributed by atoms with E-state index in [1.807, 2.05) is 13.2 Å². The Morgan fingerprint density at radius 3 is 2.48 bits per heavy atom. The van der Waals surface area contributed by atoms with Gasteiger partial charge in [0.05, 0.1) is 25.1 Å². The van der Waals surface area contributed by atoms with E-state index in [2.05, 4.69) is 68.2 Å². The molecule has 7 nitrogen and oxygen atoms in total. The lowest BCUT2D eigenvalue weighted by atomic mass is 10.1. The monoisotopic (exact) mass is 359 g/mol. The molecular formula is C17H17N3O4S. The molecule has 4 aromatic rings. The highest BCUT2D eigenvalue weighted by molar-refractivity contribution is 7.80. The van der Waals surface area contributed by atoms with Crippen molar-refractivity contribution in [2.45, 2.75) is 0 Å². The van der Waals surface area contributed by atoms with Crippen LogP contribution >= 0.6 is 0 Å². The average molecular weight is 359 g/mol. The third kappa shape index (κ3) is 3.32. The van der Waals surface area contributed by atoms with Gasteiger partial charge in [0.15, 0.2) is 7.05 Å². The number of aromatic nitrogens is 3. The molecule has 0 saturated carbocycles. The van der Waals surface area contributed by atoms with Gasteiger partial charge in [-0.1, -0.05) is 30.3 Å². The standard InChI is InChI=1S/C16H14N3.CH4O4S/c1-18-10-12-9-17-15-13-6-4-3-5-11(13)7-8-14(15)16(12)19(18)2;1-5-6(2,3)4/h3-10H,1-2H3;1H3,(H,2,3,4)/q+1;/p-1. The molecule has 2 heterocycles. The van der Waals surface area contributed by atoms with Gasteiger partial charge < -0.3 is 4.55 Å². The summed E-state index contributed by atoms with van der Waals surface area (Å²) in [5, 5.41) is 4.83. The second kappa shape index (κ2) is 6.40. The largest absolute Gasteiger partial charge is 0.726 e. The van der Waals surface area contributed by atoms with Crippen molar-refractivity contribution >= 4 is 43.0 Å². The molecule has 0 radical (unpaired) electrons. The van der Waals surface area contributed by atoms with Crippen LogP contribution in [0, 0.1) is 0 Å². The topological polar surface area (TPSA) is 88.1 Å². The second-order valence-corrected chi connectivity index (χ2v) is 6.70. The summed E-state index contributed by atoms with van der Waals surface area (Å²) in [6, 6.07) is 12.7. The lowest BCUT2D eigenvalue weighted by Crippen LogP contribution is -2.36. The van der Waals surface area contributed by atoms with Crippen LogP contribution in [0.4, 0.5) is 0 Å². The highest BCUT2D eigenvalue weighted by atomic mass is 32.3. The van der Waals surface area contributed by atoms with Gasteiger partial charge >= 0.3 is 0 Å². The maximum absolute atomic E-state index is 9.22. The summed E-state index contributed by atoms with van der Waals surface area (Å²) in [5.74, 6) is 0. The van der Waals surface area contributed by atoms with Gasteiger partial charge in [-0.25, -0.2) is 8.42 Å². The normalized spacial score (nSPS) is 11.7. The van der Waals surface area contributed by atoms with Gasteiger partial charge in [-0.05, 0) is 11.5 Å². The lowest BCUT2D eigenvalue weighted by Gasteiger charge is -2.03. The molecule has 4 rings (SSSR count). The Morgan fingerprint density at radius 2 is 1.80 bits per heavy atom. The second-order valence-electron chi connectivity index (χ2n) is 5.55. The molecule has 0 atom stereocenters. The zero-order valence-electron chi connectivity index (χ0n) is 14.0. The van der Waals surface area contributed by atoms with E-state index < -0.39 is 10.4 Å². The van der Waals surface area contributed by atoms with Crippen LogP contribution in [-0.4, -0.2) is 29.7 Å². The van der Waals surface area contributed by atoms with E-state index in [4.69, 9.17) is 0 Å². The van der Waals surface area contributed by atoms with Crippen molar-refractivity contribution in [3.05, 3.63) is 48.8 Å². The van der Waals surface area contributed by atoms with Crippen LogP contribution in [0.3, 0.4) is 0 Å². The van der Waals surface area contributed by atoms with E-state index in [9.17, 15) is 13.0 Å². The Hall–Kier alpha value is -2.55. The predicted molar refractivity (Wildman–Crippen MR) is 93.6 cm³/mol. The molecule has 0 spiro atoms. The molecule has 2 aromatic carbocycles. The summed E-state index contributed by atoms with van der Waals surface area (Å²) >= 11 is 0. The van der Waals surface area contributed by atoms with Crippen LogP contribution in [0.5, 0.6) is 0 Å². The molecule has 0 N–H and O–H groups in total. The van der Waals surface area contributed by atoms with Crippen LogP contribution in [0.2, 0.25) is 0 Å². The Morgan fingerprint density at radius 1 is 1.12 bits per heavy atom. The molecule has 130 valence electrons. The fraction of sp³-hybridized carbons (Fsp3) is 0.176. The highest BCUT2D eigenvalue weighted by Crippen LogP contribution is 2.28. The predicted octanol–water partition coefficient (Wildman–Crippen LogP) is 1.80. The van der Waals surface area contributed by atoms with Crippen molar-refractivity contribution in [3.63, 3.8) is 0 Å². The van der Waals surface area contributed by atoms with Gasteiger partial charge in [0.2, 0.25) is 16.6 Å². The van der Waals surface area contributed by atoms with E-state index in [1.165, 1.54) is 27.1 Å². The molecule has 0 unspecified atom stereocenters. The van der Waals surface area contributed by atoms with E-state index >= 15 is 0 Å². The van der Waals surface area contributed by atoms with Crippen LogP contribution < -0.4 is 4.68 Å². The van der Waals surface area contributed by atoms with Crippen LogP contribution in [0.25, 0.3) is 32.6 Å². The average Bonchev–Trinajstić information content (AvgIpc) is 2.89. The highest BCUT2D eigenvalue weighted by Gasteiger charge is 2.14. The summed E-state index contributed by atoms with van der Waals surface area (Å²) in [4.78, 5) is 4.67. The Kier molecular flexibility index (Phi) is 4.42. The summed E-state index contributed by atoms with van der Waals surface area (Å²) in [6.07, 6.45) is 4.07. The van der Waals surface area contributed by atoms with Gasteiger partial charge in [-0.15, -0.1) is 4.68 Å². The first-order valence-corrected chi connectivity index (χ1v) is 8.78. The van der Waals surface area contributed by atoms with Crippen molar-refractivity contribution in [1.29, 1.82) is 0 Å². The minimum absolute atomic E-state index is 0.808. The van der Waals surface area contributed by atoms with Gasteiger partial charge in [0, 0.05) is 17.0 Å². The van der Waals surface area contributed by atoms with Gasteiger partial charge in [0.25, 0.3) is 0 Å². The summed E-state index contributed by atoms with van der Waals surface area (Å²) in [5.41, 5.74) is 2.31. The molecule has 0 amide bonds. The molecule has 0 aliphatic rings. The van der Waals surface area contributed by atoms with Crippen LogP contribution in [-0.2, 0) is 28.7 Å². The molecule has 0 aliphatic carbocycles. The zero-order chi connectivity index (χ0) is 18.2. The first-order chi connectivity index (χ1) is 11.8. The quantitative estimate of drug-likeness (QED) is 0.224. The molecular weight excluding hydrogens is 342 g/mol. The lowest BCUT2D eigenvalue weighted by molar-refractivity contribution is -0.748. The van der Waals surface area contributed by atoms with Crippen molar-refractivity contribution < 1.29 is 21.8 Å². The van der Waals surface area contributed by atoms with Crippen LogP contribution in [0.15, 0.2) is 48.8 Å². The SMILES string of the molecule is COS(=O)(=O)[O-].Cn1c2c(cnc3c4ccccc4ccc32)c[n+]1C. The van der Waals surface area contributed by atoms with Gasteiger partial charge in [0.1, 0.15) is 5.52 Å². The fourth-order valence-corrected chi connectivity index (χ4v) is 2.84. The number of rotatable bonds is 1. The molecule has 2 aromatic heterocycles. The Bertz CT molecular complexity index is 1180. The summed E-state index contributed by atoms with van der Waals surface area (Å²) in [6.45, 7) is 0. The van der Waals surface area contributed by atoms with Crippen molar-refractivity contribution in [1.82, 2.24) is 9.67 Å².